The first kappa shape index (κ1) is 19.2. The number of aliphatic hydroxyl groups excluding tert-OH is 2. The third-order valence-electron chi connectivity index (χ3n) is 6.36. The molecule has 29 heavy (non-hydrogen) atoms. The molecule has 0 heterocycles. The number of amides is 1. The van der Waals surface area contributed by atoms with Crippen LogP contribution in [0.4, 0.5) is 0 Å². The molecule has 0 radical (unpaired) electrons. The van der Waals surface area contributed by atoms with Crippen molar-refractivity contribution < 1.29 is 39.9 Å². The maximum absolute atomic E-state index is 13.3. The van der Waals surface area contributed by atoms with Crippen LogP contribution in [0.25, 0.3) is 5.76 Å². The van der Waals surface area contributed by atoms with Crippen LogP contribution in [-0.4, -0.2) is 48.6 Å². The smallest absolute Gasteiger partial charge is 0.255 e. The molecule has 0 aliphatic heterocycles. The number of rotatable bonds is 1. The Morgan fingerprint density at radius 1 is 1.17 bits per heavy atom. The number of carbonyl (C=O) groups excluding carboxylic acids is 3. The number of ketones is 2. The van der Waals surface area contributed by atoms with E-state index in [-0.39, 0.29) is 23.3 Å². The van der Waals surface area contributed by atoms with Crippen LogP contribution in [0.1, 0.15) is 30.9 Å². The van der Waals surface area contributed by atoms with Gasteiger partial charge in [-0.05, 0) is 25.0 Å². The topological polar surface area (TPSA) is 178 Å². The van der Waals surface area contributed by atoms with Crippen LogP contribution in [0.15, 0.2) is 35.1 Å². The third kappa shape index (κ3) is 2.19. The van der Waals surface area contributed by atoms with Gasteiger partial charge < -0.3 is 31.3 Å². The van der Waals surface area contributed by atoms with Crippen LogP contribution in [-0.2, 0) is 20.0 Å². The molecule has 0 bridgehead atoms. The number of hydrogen-bond acceptors (Lipinski definition) is 8. The highest BCUT2D eigenvalue weighted by atomic mass is 16.3. The maximum atomic E-state index is 13.3. The number of Topliss-reactive ketones (excluding diaryl/α,β-unsaturated/α-hetero) is 2. The van der Waals surface area contributed by atoms with Crippen molar-refractivity contribution in [1.82, 2.24) is 0 Å². The van der Waals surface area contributed by atoms with E-state index in [2.05, 4.69) is 0 Å². The molecule has 1 aromatic carbocycles. The molecule has 1 aromatic rings. The van der Waals surface area contributed by atoms with Gasteiger partial charge in [0.2, 0.25) is 5.78 Å². The number of phenolic OH excluding ortho intramolecular Hbond substituents is 1. The van der Waals surface area contributed by atoms with E-state index in [4.69, 9.17) is 5.73 Å². The van der Waals surface area contributed by atoms with Crippen LogP contribution in [0.3, 0.4) is 0 Å². The number of aromatic hydroxyl groups is 1. The predicted octanol–water partition coefficient (Wildman–Crippen LogP) is 0.0889. The first-order chi connectivity index (χ1) is 13.4. The van der Waals surface area contributed by atoms with Crippen LogP contribution >= 0.6 is 0 Å². The molecule has 0 spiro atoms. The molecular formula is C20H19NO8. The summed E-state index contributed by atoms with van der Waals surface area (Å²) in [5, 5.41) is 53.7. The molecule has 1 amide bonds. The largest absolute Gasteiger partial charge is 0.508 e. The minimum atomic E-state index is -2.66. The number of hydrogen-bond donors (Lipinski definition) is 6. The summed E-state index contributed by atoms with van der Waals surface area (Å²) in [7, 11) is 0. The van der Waals surface area contributed by atoms with Gasteiger partial charge in [0.1, 0.15) is 22.8 Å². The van der Waals surface area contributed by atoms with Crippen LogP contribution in [0, 0.1) is 11.8 Å². The molecule has 4 atom stereocenters. The molecule has 3 aliphatic rings. The highest BCUT2D eigenvalue weighted by Gasteiger charge is 2.63. The summed E-state index contributed by atoms with van der Waals surface area (Å²) in [6.07, 6.45) is -0.594. The Balaban J connectivity index is 2.01. The van der Waals surface area contributed by atoms with Gasteiger partial charge in [-0.2, -0.15) is 0 Å². The van der Waals surface area contributed by atoms with Crippen molar-refractivity contribution in [2.75, 3.05) is 0 Å². The van der Waals surface area contributed by atoms with E-state index in [1.807, 2.05) is 0 Å². The Hall–Kier alpha value is -3.17. The molecule has 9 heteroatoms. The van der Waals surface area contributed by atoms with Crippen molar-refractivity contribution in [2.45, 2.75) is 31.0 Å². The number of nitrogens with two attached hydrogens (primary N) is 1. The van der Waals surface area contributed by atoms with E-state index in [1.54, 1.807) is 0 Å². The fourth-order valence-corrected chi connectivity index (χ4v) is 4.87. The minimum absolute atomic E-state index is 0.147. The second kappa shape index (κ2) is 5.68. The lowest BCUT2D eigenvalue weighted by Gasteiger charge is -2.50. The summed E-state index contributed by atoms with van der Waals surface area (Å²) in [6.45, 7) is 1.40. The average Bonchev–Trinajstić information content (AvgIpc) is 2.62. The van der Waals surface area contributed by atoms with Gasteiger partial charge in [0.05, 0.1) is 11.2 Å². The Morgan fingerprint density at radius 2 is 1.83 bits per heavy atom. The van der Waals surface area contributed by atoms with Gasteiger partial charge in [-0.3, -0.25) is 14.4 Å². The number of aliphatic hydroxyl groups is 4. The van der Waals surface area contributed by atoms with E-state index >= 15 is 0 Å². The zero-order chi connectivity index (χ0) is 21.5. The van der Waals surface area contributed by atoms with E-state index < -0.39 is 69.6 Å². The van der Waals surface area contributed by atoms with E-state index in [0.29, 0.717) is 0 Å². The normalized spacial score (nSPS) is 33.9. The van der Waals surface area contributed by atoms with Gasteiger partial charge in [0.15, 0.2) is 11.4 Å². The fourth-order valence-electron chi connectivity index (χ4n) is 4.87. The van der Waals surface area contributed by atoms with Gasteiger partial charge >= 0.3 is 0 Å². The van der Waals surface area contributed by atoms with Gasteiger partial charge in [0, 0.05) is 23.8 Å². The molecule has 1 saturated carbocycles. The van der Waals surface area contributed by atoms with E-state index in [0.717, 1.165) is 0 Å². The monoisotopic (exact) mass is 401 g/mol. The van der Waals surface area contributed by atoms with Crippen molar-refractivity contribution in [1.29, 1.82) is 0 Å². The molecule has 0 aromatic heterocycles. The first-order valence-corrected chi connectivity index (χ1v) is 8.96. The van der Waals surface area contributed by atoms with Gasteiger partial charge in [-0.1, -0.05) is 12.1 Å². The second-order valence-corrected chi connectivity index (χ2v) is 7.91. The lowest BCUT2D eigenvalue weighted by Crippen LogP contribution is -2.60. The van der Waals surface area contributed by atoms with Gasteiger partial charge in [0.25, 0.3) is 5.91 Å². The van der Waals surface area contributed by atoms with Crippen LogP contribution < -0.4 is 5.73 Å². The standard InChI is InChI=1S/C20H19NO8/c1-19(28)8-3-2-4-10(22)12(8)15(24)13-9(19)5-7-6-11(23)14(18(21)27)17(26)20(7,29)16(13)25/h2-4,7,9,22,24,26,28-29H,5-6H2,1H3,(H2,21,27)/t7-,9+,19+,20-/m0/s1. The lowest BCUT2D eigenvalue weighted by atomic mass is 9.56. The summed E-state index contributed by atoms with van der Waals surface area (Å²) in [6, 6.07) is 4.22. The highest BCUT2D eigenvalue weighted by molar-refractivity contribution is 6.22. The first-order valence-electron chi connectivity index (χ1n) is 8.96. The van der Waals surface area contributed by atoms with Crippen molar-refractivity contribution in [3.8, 4) is 5.75 Å². The summed E-state index contributed by atoms with van der Waals surface area (Å²) in [5.74, 6) is -7.61. The number of carbonyl (C=O) groups is 3. The second-order valence-electron chi connectivity index (χ2n) is 7.91. The molecular weight excluding hydrogens is 382 g/mol. The van der Waals surface area contributed by atoms with Gasteiger partial charge in [-0.25, -0.2) is 0 Å². The fraction of sp³-hybridized carbons (Fsp3) is 0.350. The van der Waals surface area contributed by atoms with E-state index in [9.17, 15) is 39.9 Å². The average molecular weight is 401 g/mol. The zero-order valence-electron chi connectivity index (χ0n) is 15.3. The van der Waals surface area contributed by atoms with Gasteiger partial charge in [-0.15, -0.1) is 0 Å². The summed E-state index contributed by atoms with van der Waals surface area (Å²) >= 11 is 0. The quantitative estimate of drug-likeness (QED) is 0.358. The molecule has 9 nitrogen and oxygen atoms in total. The Morgan fingerprint density at radius 3 is 2.45 bits per heavy atom. The number of phenols is 1. The van der Waals surface area contributed by atoms with Crippen molar-refractivity contribution in [3.63, 3.8) is 0 Å². The molecule has 7 N–H and O–H groups in total. The number of benzene rings is 1. The summed E-state index contributed by atoms with van der Waals surface area (Å²) in [4.78, 5) is 37.2. The van der Waals surface area contributed by atoms with Crippen molar-refractivity contribution in [2.24, 2.45) is 17.6 Å². The van der Waals surface area contributed by atoms with Crippen molar-refractivity contribution in [3.05, 3.63) is 46.2 Å². The molecule has 1 fully saturated rings. The molecule has 0 unspecified atom stereocenters. The SMILES string of the molecule is C[C@@]1(O)c2cccc(O)c2C(O)=C2C(=O)[C@]3(O)C(O)=C(C(N)=O)C(=O)C[C@@H]3C[C@H]21. The third-order valence-corrected chi connectivity index (χ3v) is 6.36. The zero-order valence-corrected chi connectivity index (χ0v) is 15.3. The minimum Gasteiger partial charge on any atom is -0.508 e. The Bertz CT molecular complexity index is 1070. The summed E-state index contributed by atoms with van der Waals surface area (Å²) < 4.78 is 0. The molecule has 4 rings (SSSR count). The molecule has 152 valence electrons. The molecule has 3 aliphatic carbocycles. The Kier molecular flexibility index (Phi) is 3.75. The number of fused-ring (bicyclic) bond motifs is 3. The maximum Gasteiger partial charge on any atom is 0.255 e. The highest BCUT2D eigenvalue weighted by Crippen LogP contribution is 2.56. The van der Waals surface area contributed by atoms with Crippen LogP contribution in [0.5, 0.6) is 5.75 Å². The number of primary amides is 1. The Labute approximate surface area is 164 Å². The van der Waals surface area contributed by atoms with Crippen LogP contribution in [0.2, 0.25) is 0 Å². The predicted molar refractivity (Wildman–Crippen MR) is 97.3 cm³/mol. The molecule has 0 saturated heterocycles. The van der Waals surface area contributed by atoms with E-state index in [1.165, 1.54) is 25.1 Å². The lowest BCUT2D eigenvalue weighted by molar-refractivity contribution is -0.152. The summed E-state index contributed by atoms with van der Waals surface area (Å²) in [5.41, 5.74) is -0.491. The van der Waals surface area contributed by atoms with Crippen molar-refractivity contribution >= 4 is 23.2 Å².